The Bertz CT molecular complexity index is 1150. The molecule has 31 heavy (non-hydrogen) atoms. The molecule has 1 aliphatic rings. The Morgan fingerprint density at radius 2 is 1.68 bits per heavy atom. The molecule has 3 aromatic rings. The molecule has 2 heterocycles. The predicted octanol–water partition coefficient (Wildman–Crippen LogP) is 3.17. The molecule has 9 nitrogen and oxygen atoms in total. The molecule has 1 aliphatic heterocycles. The summed E-state index contributed by atoms with van der Waals surface area (Å²) in [4.78, 5) is 28.9. The van der Waals surface area contributed by atoms with Gasteiger partial charge in [0, 0.05) is 24.0 Å². The van der Waals surface area contributed by atoms with Crippen molar-refractivity contribution in [2.75, 3.05) is 23.1 Å². The van der Waals surface area contributed by atoms with Crippen molar-refractivity contribution in [3.63, 3.8) is 0 Å². The van der Waals surface area contributed by atoms with Crippen molar-refractivity contribution >= 4 is 29.1 Å². The van der Waals surface area contributed by atoms with Crippen LogP contribution in [0.1, 0.15) is 25.5 Å². The molecule has 0 saturated heterocycles. The Balaban J connectivity index is 1.68. The second-order valence-corrected chi connectivity index (χ2v) is 7.08. The minimum atomic E-state index is -0.483. The topological polar surface area (TPSA) is 110 Å². The molecule has 0 unspecified atom stereocenters. The van der Waals surface area contributed by atoms with Crippen molar-refractivity contribution in [2.45, 2.75) is 19.9 Å². The molecular weight excluding hydrogens is 396 g/mol. The maximum absolute atomic E-state index is 13.3. The number of benzene rings is 2. The van der Waals surface area contributed by atoms with Gasteiger partial charge in [0.05, 0.1) is 12.7 Å². The van der Waals surface area contributed by atoms with Gasteiger partial charge in [-0.05, 0) is 48.9 Å². The van der Waals surface area contributed by atoms with Gasteiger partial charge in [0.15, 0.2) is 0 Å². The van der Waals surface area contributed by atoms with Crippen molar-refractivity contribution in [2.24, 2.45) is 0 Å². The number of ether oxygens (including phenoxy) is 1. The molecule has 3 N–H and O–H groups in total. The van der Waals surface area contributed by atoms with Crippen LogP contribution in [0.2, 0.25) is 0 Å². The first kappa shape index (κ1) is 20.1. The van der Waals surface area contributed by atoms with Crippen LogP contribution in [0.3, 0.4) is 0 Å². The van der Waals surface area contributed by atoms with Crippen LogP contribution in [-0.4, -0.2) is 33.7 Å². The normalized spacial score (nSPS) is 15.0. The van der Waals surface area contributed by atoms with Gasteiger partial charge in [-0.2, -0.15) is 10.1 Å². The molecule has 0 spiro atoms. The third-order valence-corrected chi connectivity index (χ3v) is 4.93. The maximum Gasteiger partial charge on any atom is 0.255 e. The number of aromatic nitrogens is 3. The number of allylic oxidation sites excluding steroid dienone is 1. The first-order valence-electron chi connectivity index (χ1n) is 9.66. The third kappa shape index (κ3) is 4.11. The summed E-state index contributed by atoms with van der Waals surface area (Å²) < 4.78 is 6.84. The molecular formula is C22H22N6O3. The lowest BCUT2D eigenvalue weighted by atomic mass is 9.94. The standard InChI is InChI=1S/C22H22N6O3/c1-13-19(21(30)27-17-8-10-18(31-3)11-9-17)20(28-22(25-13)23-12-24-28)15-4-6-16(7-5-15)26-14(2)29/h4-12,20H,1-3H3,(H,26,29)(H,27,30)(H,23,24,25)/t20-/m0/s1. The van der Waals surface area contributed by atoms with Crippen LogP contribution in [-0.2, 0) is 9.59 Å². The smallest absolute Gasteiger partial charge is 0.255 e. The molecule has 0 aliphatic carbocycles. The summed E-state index contributed by atoms with van der Waals surface area (Å²) in [7, 11) is 1.59. The van der Waals surface area contributed by atoms with Crippen LogP contribution in [0.15, 0.2) is 66.1 Å². The first-order valence-corrected chi connectivity index (χ1v) is 9.66. The molecule has 0 bridgehead atoms. The number of amides is 2. The zero-order chi connectivity index (χ0) is 22.0. The molecule has 9 heteroatoms. The van der Waals surface area contributed by atoms with Gasteiger partial charge in [-0.15, -0.1) is 0 Å². The molecule has 2 amide bonds. The van der Waals surface area contributed by atoms with Crippen LogP contribution >= 0.6 is 0 Å². The Kier molecular flexibility index (Phi) is 5.40. The number of carbonyl (C=O) groups is 2. The molecule has 4 rings (SSSR count). The zero-order valence-corrected chi connectivity index (χ0v) is 17.3. The van der Waals surface area contributed by atoms with E-state index in [1.807, 2.05) is 19.1 Å². The summed E-state index contributed by atoms with van der Waals surface area (Å²) in [5, 5.41) is 13.2. The number of methoxy groups -OCH3 is 1. The van der Waals surface area contributed by atoms with E-state index in [-0.39, 0.29) is 11.8 Å². The molecule has 0 radical (unpaired) electrons. The highest BCUT2D eigenvalue weighted by atomic mass is 16.5. The average molecular weight is 418 g/mol. The van der Waals surface area contributed by atoms with E-state index in [1.54, 1.807) is 48.2 Å². The first-order chi connectivity index (χ1) is 15.0. The molecule has 2 aromatic carbocycles. The summed E-state index contributed by atoms with van der Waals surface area (Å²) >= 11 is 0. The van der Waals surface area contributed by atoms with E-state index in [9.17, 15) is 9.59 Å². The van der Waals surface area contributed by atoms with Gasteiger partial charge in [-0.25, -0.2) is 4.68 Å². The summed E-state index contributed by atoms with van der Waals surface area (Å²) in [5.41, 5.74) is 3.36. The summed E-state index contributed by atoms with van der Waals surface area (Å²) in [5.74, 6) is 0.849. The molecule has 158 valence electrons. The number of anilines is 3. The fraction of sp³-hybridized carbons (Fsp3) is 0.182. The van der Waals surface area contributed by atoms with Crippen LogP contribution in [0.25, 0.3) is 0 Å². The number of nitrogens with one attached hydrogen (secondary N) is 3. The molecule has 1 aromatic heterocycles. The molecule has 0 fully saturated rings. The van der Waals surface area contributed by atoms with E-state index in [0.29, 0.717) is 34.3 Å². The van der Waals surface area contributed by atoms with E-state index in [4.69, 9.17) is 4.74 Å². The number of hydrogen-bond donors (Lipinski definition) is 3. The third-order valence-electron chi connectivity index (χ3n) is 4.93. The van der Waals surface area contributed by atoms with Crippen LogP contribution in [0, 0.1) is 0 Å². The van der Waals surface area contributed by atoms with Gasteiger partial charge < -0.3 is 20.7 Å². The Hall–Kier alpha value is -4.14. The monoisotopic (exact) mass is 418 g/mol. The molecule has 1 atom stereocenters. The SMILES string of the molecule is COc1ccc(NC(=O)C2=C(C)Nc3ncnn3[C@H]2c2ccc(NC(C)=O)cc2)cc1. The Morgan fingerprint density at radius 1 is 1.03 bits per heavy atom. The minimum Gasteiger partial charge on any atom is -0.497 e. The van der Waals surface area contributed by atoms with Crippen LogP contribution in [0.5, 0.6) is 5.75 Å². The fourth-order valence-electron chi connectivity index (χ4n) is 3.52. The van der Waals surface area contributed by atoms with Crippen LogP contribution in [0.4, 0.5) is 17.3 Å². The Labute approximate surface area is 179 Å². The summed E-state index contributed by atoms with van der Waals surface area (Å²) in [6.45, 7) is 3.29. The van der Waals surface area contributed by atoms with E-state index in [0.717, 1.165) is 5.56 Å². The van der Waals surface area contributed by atoms with E-state index >= 15 is 0 Å². The highest BCUT2D eigenvalue weighted by molar-refractivity contribution is 6.06. The fourth-order valence-corrected chi connectivity index (χ4v) is 3.52. The van der Waals surface area contributed by atoms with E-state index < -0.39 is 6.04 Å². The predicted molar refractivity (Wildman–Crippen MR) is 117 cm³/mol. The lowest BCUT2D eigenvalue weighted by molar-refractivity contribution is -0.114. The van der Waals surface area contributed by atoms with Gasteiger partial charge in [0.25, 0.3) is 5.91 Å². The number of hydrogen-bond acceptors (Lipinski definition) is 6. The van der Waals surface area contributed by atoms with Crippen molar-refractivity contribution in [3.05, 3.63) is 71.7 Å². The maximum atomic E-state index is 13.3. The number of fused-ring (bicyclic) bond motifs is 1. The van der Waals surface area contributed by atoms with Crippen molar-refractivity contribution < 1.29 is 14.3 Å². The quantitative estimate of drug-likeness (QED) is 0.587. The highest BCUT2D eigenvalue weighted by Crippen LogP contribution is 2.35. The van der Waals surface area contributed by atoms with Gasteiger partial charge in [0.2, 0.25) is 11.9 Å². The largest absolute Gasteiger partial charge is 0.497 e. The van der Waals surface area contributed by atoms with Crippen molar-refractivity contribution in [1.29, 1.82) is 0 Å². The van der Waals surface area contributed by atoms with E-state index in [2.05, 4.69) is 26.0 Å². The summed E-state index contributed by atoms with van der Waals surface area (Å²) in [6, 6.07) is 14.0. The van der Waals surface area contributed by atoms with Gasteiger partial charge in [0.1, 0.15) is 18.1 Å². The summed E-state index contributed by atoms with van der Waals surface area (Å²) in [6.07, 6.45) is 1.44. The van der Waals surface area contributed by atoms with Crippen molar-refractivity contribution in [1.82, 2.24) is 14.8 Å². The second-order valence-electron chi connectivity index (χ2n) is 7.08. The van der Waals surface area contributed by atoms with Gasteiger partial charge in [-0.3, -0.25) is 9.59 Å². The van der Waals surface area contributed by atoms with Crippen LogP contribution < -0.4 is 20.7 Å². The van der Waals surface area contributed by atoms with Gasteiger partial charge in [-0.1, -0.05) is 12.1 Å². The Morgan fingerprint density at radius 3 is 2.32 bits per heavy atom. The van der Waals surface area contributed by atoms with E-state index in [1.165, 1.54) is 13.3 Å². The number of nitrogens with zero attached hydrogens (tertiary/aromatic N) is 3. The second kappa shape index (κ2) is 8.31. The number of rotatable bonds is 5. The van der Waals surface area contributed by atoms with Gasteiger partial charge >= 0.3 is 0 Å². The lowest BCUT2D eigenvalue weighted by Crippen LogP contribution is -2.31. The van der Waals surface area contributed by atoms with Crippen molar-refractivity contribution in [3.8, 4) is 5.75 Å². The zero-order valence-electron chi connectivity index (χ0n) is 17.3. The minimum absolute atomic E-state index is 0.150. The number of carbonyl (C=O) groups excluding carboxylic acids is 2. The highest BCUT2D eigenvalue weighted by Gasteiger charge is 2.33. The lowest BCUT2D eigenvalue weighted by Gasteiger charge is -2.28. The average Bonchev–Trinajstić information content (AvgIpc) is 3.21. The molecule has 0 saturated carbocycles.